The Balaban J connectivity index is 2.25. The molecule has 1 N–H and O–H groups in total. The topological polar surface area (TPSA) is 105 Å². The van der Waals surface area contributed by atoms with E-state index in [4.69, 9.17) is 9.47 Å². The van der Waals surface area contributed by atoms with Crippen LogP contribution >= 0.6 is 0 Å². The molecule has 0 heterocycles. The third-order valence-electron chi connectivity index (χ3n) is 5.74. The van der Waals surface area contributed by atoms with Gasteiger partial charge in [-0.25, -0.2) is 8.42 Å². The number of benzene rings is 2. The predicted molar refractivity (Wildman–Crippen MR) is 150 cm³/mol. The normalized spacial score (nSPS) is 12.4. The van der Waals surface area contributed by atoms with Gasteiger partial charge in [0.15, 0.2) is 0 Å². The molecule has 0 saturated carbocycles. The zero-order chi connectivity index (χ0) is 28.5. The van der Waals surface area contributed by atoms with Crippen LogP contribution in [0, 0.1) is 0 Å². The third kappa shape index (κ3) is 9.24. The molecule has 10 heteroatoms. The first-order chi connectivity index (χ1) is 17.8. The summed E-state index contributed by atoms with van der Waals surface area (Å²) in [6.07, 6.45) is 1.44. The Morgan fingerprint density at radius 3 is 2.37 bits per heavy atom. The van der Waals surface area contributed by atoms with Crippen LogP contribution in [0.2, 0.25) is 0 Å². The Morgan fingerprint density at radius 2 is 1.76 bits per heavy atom. The van der Waals surface area contributed by atoms with Gasteiger partial charge in [-0.05, 0) is 70.9 Å². The van der Waals surface area contributed by atoms with Crippen LogP contribution in [-0.2, 0) is 26.2 Å². The molecule has 210 valence electrons. The van der Waals surface area contributed by atoms with E-state index in [9.17, 15) is 18.0 Å². The summed E-state index contributed by atoms with van der Waals surface area (Å²) in [7, 11) is -2.06. The van der Waals surface area contributed by atoms with Crippen molar-refractivity contribution in [1.29, 1.82) is 0 Å². The van der Waals surface area contributed by atoms with Crippen LogP contribution in [-0.4, -0.2) is 63.2 Å². The largest absolute Gasteiger partial charge is 0.497 e. The number of carbonyl (C=O) groups is 2. The highest BCUT2D eigenvalue weighted by Gasteiger charge is 2.29. The second kappa shape index (κ2) is 13.5. The molecule has 1 atom stereocenters. The van der Waals surface area contributed by atoms with Crippen LogP contribution in [0.3, 0.4) is 0 Å². The molecule has 0 aliphatic rings. The van der Waals surface area contributed by atoms with E-state index in [1.54, 1.807) is 38.3 Å². The monoisotopic (exact) mass is 547 g/mol. The second-order valence-electron chi connectivity index (χ2n) is 10.1. The number of amides is 2. The molecule has 0 bridgehead atoms. The molecule has 0 saturated heterocycles. The zero-order valence-electron chi connectivity index (χ0n) is 23.5. The van der Waals surface area contributed by atoms with Crippen molar-refractivity contribution in [2.45, 2.75) is 65.6 Å². The fourth-order valence-corrected chi connectivity index (χ4v) is 4.92. The van der Waals surface area contributed by atoms with E-state index in [2.05, 4.69) is 5.32 Å². The van der Waals surface area contributed by atoms with Gasteiger partial charge in [0, 0.05) is 25.0 Å². The van der Waals surface area contributed by atoms with Gasteiger partial charge in [-0.15, -0.1) is 0 Å². The van der Waals surface area contributed by atoms with E-state index in [1.807, 2.05) is 52.0 Å². The van der Waals surface area contributed by atoms with Crippen LogP contribution in [0.4, 0.5) is 5.69 Å². The van der Waals surface area contributed by atoms with Gasteiger partial charge in [-0.2, -0.15) is 0 Å². The van der Waals surface area contributed by atoms with Gasteiger partial charge in [0.25, 0.3) is 0 Å². The number of para-hydroxylation sites is 2. The molecule has 0 radical (unpaired) electrons. The first-order valence-electron chi connectivity index (χ1n) is 12.7. The summed E-state index contributed by atoms with van der Waals surface area (Å²) in [5.74, 6) is 0.588. The number of hydrogen-bond acceptors (Lipinski definition) is 6. The molecule has 2 aromatic carbocycles. The molecule has 0 aliphatic heterocycles. The van der Waals surface area contributed by atoms with Crippen LogP contribution in [0.25, 0.3) is 0 Å². The number of nitrogens with zero attached hydrogens (tertiary/aromatic N) is 2. The van der Waals surface area contributed by atoms with Gasteiger partial charge in [0.05, 0.1) is 25.7 Å². The molecule has 2 rings (SSSR count). The Kier molecular flexibility index (Phi) is 11.0. The third-order valence-corrected chi connectivity index (χ3v) is 6.92. The van der Waals surface area contributed by atoms with Crippen molar-refractivity contribution < 1.29 is 27.5 Å². The minimum Gasteiger partial charge on any atom is -0.497 e. The van der Waals surface area contributed by atoms with E-state index in [0.29, 0.717) is 23.8 Å². The SMILES string of the molecule is CCOc1ccccc1N(CCCC(=O)N(Cc1cccc(OC)c1)[C@H](C)C(=O)NC(C)(C)C)S(C)(=O)=O. The van der Waals surface area contributed by atoms with E-state index in [1.165, 1.54) is 9.21 Å². The van der Waals surface area contributed by atoms with Crippen LogP contribution in [0.5, 0.6) is 11.5 Å². The lowest BCUT2D eigenvalue weighted by Gasteiger charge is -2.32. The number of anilines is 1. The van der Waals surface area contributed by atoms with Gasteiger partial charge >= 0.3 is 0 Å². The van der Waals surface area contributed by atoms with Crippen LogP contribution in [0.15, 0.2) is 48.5 Å². The van der Waals surface area contributed by atoms with Gasteiger partial charge in [0.2, 0.25) is 21.8 Å². The Bertz CT molecular complexity index is 1190. The lowest BCUT2D eigenvalue weighted by molar-refractivity contribution is -0.141. The summed E-state index contributed by atoms with van der Waals surface area (Å²) in [5.41, 5.74) is 0.784. The minimum atomic E-state index is -3.63. The second-order valence-corrected chi connectivity index (χ2v) is 12.0. The van der Waals surface area contributed by atoms with Crippen LogP contribution < -0.4 is 19.1 Å². The highest BCUT2D eigenvalue weighted by Crippen LogP contribution is 2.30. The molecule has 9 nitrogen and oxygen atoms in total. The standard InChI is InChI=1S/C28H41N3O6S/c1-8-37-25-16-10-9-15-24(25)31(38(7,34)35)18-12-17-26(32)30(21(2)27(33)29-28(3,4)5)20-22-13-11-14-23(19-22)36-6/h9-11,13-16,19,21H,8,12,17-18,20H2,1-7H3,(H,29,33)/t21-/m1/s1. The Morgan fingerprint density at radius 1 is 1.08 bits per heavy atom. The quantitative estimate of drug-likeness (QED) is 0.407. The summed E-state index contributed by atoms with van der Waals surface area (Å²) in [4.78, 5) is 28.0. The highest BCUT2D eigenvalue weighted by molar-refractivity contribution is 7.92. The summed E-state index contributed by atoms with van der Waals surface area (Å²) in [6, 6.07) is 13.5. The van der Waals surface area contributed by atoms with Gasteiger partial charge in [0.1, 0.15) is 17.5 Å². The first kappa shape index (κ1) is 31.0. The number of sulfonamides is 1. The molecule has 0 unspecified atom stereocenters. The van der Waals surface area contributed by atoms with Crippen molar-refractivity contribution in [3.8, 4) is 11.5 Å². The van der Waals surface area contributed by atoms with Crippen molar-refractivity contribution in [3.05, 3.63) is 54.1 Å². The first-order valence-corrected chi connectivity index (χ1v) is 14.6. The fraction of sp³-hybridized carbons (Fsp3) is 0.500. The number of hydrogen-bond donors (Lipinski definition) is 1. The van der Waals surface area contributed by atoms with Gasteiger partial charge < -0.3 is 19.7 Å². The molecule has 0 spiro atoms. The van der Waals surface area contributed by atoms with E-state index in [-0.39, 0.29) is 37.7 Å². The molecule has 0 fully saturated rings. The summed E-state index contributed by atoms with van der Waals surface area (Å²) in [6.45, 7) is 9.85. The molecule has 2 amide bonds. The Labute approximate surface area is 227 Å². The van der Waals surface area contributed by atoms with E-state index in [0.717, 1.165) is 11.8 Å². The van der Waals surface area contributed by atoms with Gasteiger partial charge in [-0.3, -0.25) is 13.9 Å². The zero-order valence-corrected chi connectivity index (χ0v) is 24.3. The molecular weight excluding hydrogens is 506 g/mol. The van der Waals surface area contributed by atoms with Gasteiger partial charge in [-0.1, -0.05) is 24.3 Å². The van der Waals surface area contributed by atoms with Crippen LogP contribution in [0.1, 0.15) is 53.0 Å². The number of methoxy groups -OCH3 is 1. The predicted octanol–water partition coefficient (Wildman–Crippen LogP) is 3.97. The molecule has 0 aliphatic carbocycles. The number of carbonyl (C=O) groups excluding carboxylic acids is 2. The maximum absolute atomic E-state index is 13.5. The van der Waals surface area contributed by atoms with Crippen molar-refractivity contribution in [1.82, 2.24) is 10.2 Å². The molecule has 2 aromatic rings. The highest BCUT2D eigenvalue weighted by atomic mass is 32.2. The fourth-order valence-electron chi connectivity index (χ4n) is 3.95. The minimum absolute atomic E-state index is 0.0555. The number of ether oxygens (including phenoxy) is 2. The lowest BCUT2D eigenvalue weighted by Crippen LogP contribution is -2.52. The van der Waals surface area contributed by atoms with Crippen molar-refractivity contribution in [2.75, 3.05) is 30.8 Å². The molecular formula is C28H41N3O6S. The van der Waals surface area contributed by atoms with Crippen molar-refractivity contribution in [2.24, 2.45) is 0 Å². The lowest BCUT2D eigenvalue weighted by atomic mass is 10.1. The van der Waals surface area contributed by atoms with E-state index >= 15 is 0 Å². The maximum Gasteiger partial charge on any atom is 0.242 e. The number of nitrogens with one attached hydrogen (secondary N) is 1. The maximum atomic E-state index is 13.5. The average molecular weight is 548 g/mol. The van der Waals surface area contributed by atoms with E-state index < -0.39 is 21.6 Å². The summed E-state index contributed by atoms with van der Waals surface area (Å²) >= 11 is 0. The smallest absolute Gasteiger partial charge is 0.242 e. The average Bonchev–Trinajstić information content (AvgIpc) is 2.83. The Hall–Kier alpha value is -3.27. The number of rotatable bonds is 13. The summed E-state index contributed by atoms with van der Waals surface area (Å²) < 4.78 is 37.5. The summed E-state index contributed by atoms with van der Waals surface area (Å²) in [5, 5.41) is 2.94. The molecule has 38 heavy (non-hydrogen) atoms. The van der Waals surface area contributed by atoms with Crippen molar-refractivity contribution in [3.63, 3.8) is 0 Å². The van der Waals surface area contributed by atoms with Crippen molar-refractivity contribution >= 4 is 27.5 Å². The molecule has 0 aromatic heterocycles.